The highest BCUT2D eigenvalue weighted by Crippen LogP contribution is 2.48. The minimum atomic E-state index is 0.200. The van der Waals surface area contributed by atoms with Crippen LogP contribution in [0.3, 0.4) is 0 Å². The zero-order valence-corrected chi connectivity index (χ0v) is 31.8. The fraction of sp³-hybridized carbons (Fsp3) is 0.0364. The first-order chi connectivity index (χ1) is 28.7. The predicted molar refractivity (Wildman–Crippen MR) is 233 cm³/mol. The van der Waals surface area contributed by atoms with Gasteiger partial charge in [0.25, 0.3) is 0 Å². The number of rotatable bonds is 8. The van der Waals surface area contributed by atoms with E-state index in [9.17, 15) is 0 Å². The Bertz CT molecular complexity index is 2930. The average Bonchev–Trinajstić information content (AvgIpc) is 3.83. The number of aromatic nitrogens is 1. The van der Waals surface area contributed by atoms with Gasteiger partial charge in [0.05, 0.1) is 5.56 Å². The molecule has 58 heavy (non-hydrogen) atoms. The van der Waals surface area contributed by atoms with Gasteiger partial charge in [-0.15, -0.1) is 0 Å². The highest BCUT2D eigenvalue weighted by molar-refractivity contribution is 5.93. The van der Waals surface area contributed by atoms with Gasteiger partial charge in [0.1, 0.15) is 23.0 Å². The Hall–Kier alpha value is -7.49. The maximum absolute atomic E-state index is 6.62. The van der Waals surface area contributed by atoms with Gasteiger partial charge in [0.2, 0.25) is 5.69 Å². The van der Waals surface area contributed by atoms with Gasteiger partial charge in [0, 0.05) is 23.6 Å². The van der Waals surface area contributed by atoms with E-state index in [0.717, 1.165) is 62.9 Å². The molecule has 2 heterocycles. The molecule has 0 radical (unpaired) electrons. The topological polar surface area (TPSA) is 22.3 Å². The van der Waals surface area contributed by atoms with Crippen LogP contribution in [-0.4, -0.2) is 0 Å². The highest BCUT2D eigenvalue weighted by Gasteiger charge is 2.29. The summed E-state index contributed by atoms with van der Waals surface area (Å²) in [7, 11) is 0. The minimum absolute atomic E-state index is 0.200. The van der Waals surface area contributed by atoms with Crippen molar-refractivity contribution in [3.63, 3.8) is 0 Å². The summed E-state index contributed by atoms with van der Waals surface area (Å²) in [5, 5.41) is 0. The summed E-state index contributed by atoms with van der Waals surface area (Å²) in [6.07, 6.45) is 2.13. The lowest BCUT2D eigenvalue weighted by molar-refractivity contribution is -0.672. The Morgan fingerprint density at radius 3 is 1.45 bits per heavy atom. The van der Waals surface area contributed by atoms with Crippen molar-refractivity contribution in [1.29, 1.82) is 0 Å². The van der Waals surface area contributed by atoms with E-state index < -0.39 is 0 Å². The summed E-state index contributed by atoms with van der Waals surface area (Å²) in [6, 6.07) is 72.9. The van der Waals surface area contributed by atoms with Gasteiger partial charge in [-0.05, 0) is 122 Å². The summed E-state index contributed by atoms with van der Waals surface area (Å²) in [5.41, 5.74) is 17.0. The highest BCUT2D eigenvalue weighted by atomic mass is 16.5. The zero-order valence-electron chi connectivity index (χ0n) is 31.8. The van der Waals surface area contributed by atoms with Crippen LogP contribution < -0.4 is 14.0 Å². The van der Waals surface area contributed by atoms with E-state index in [1.807, 2.05) is 0 Å². The zero-order chi connectivity index (χ0) is 38.4. The molecule has 0 amide bonds. The predicted octanol–water partition coefficient (Wildman–Crippen LogP) is 13.7. The van der Waals surface area contributed by atoms with Crippen LogP contribution in [0.25, 0.3) is 55.8 Å². The fourth-order valence-electron chi connectivity index (χ4n) is 8.91. The van der Waals surface area contributed by atoms with Gasteiger partial charge in [0.15, 0.2) is 12.7 Å². The minimum Gasteiger partial charge on any atom is -0.457 e. The van der Waals surface area contributed by atoms with Gasteiger partial charge in [-0.1, -0.05) is 133 Å². The second kappa shape index (κ2) is 14.2. The van der Waals surface area contributed by atoms with E-state index in [-0.39, 0.29) is 5.92 Å². The van der Waals surface area contributed by atoms with Crippen LogP contribution in [-0.2, 0) is 6.54 Å². The second-order valence-electron chi connectivity index (χ2n) is 15.1. The number of nitrogens with zero attached hydrogens (tertiary/aromatic N) is 1. The van der Waals surface area contributed by atoms with Crippen molar-refractivity contribution < 1.29 is 14.0 Å². The normalized spacial score (nSPS) is 12.3. The van der Waals surface area contributed by atoms with E-state index in [4.69, 9.17) is 9.47 Å². The monoisotopic (exact) mass is 744 g/mol. The molecule has 0 N–H and O–H groups in total. The van der Waals surface area contributed by atoms with Gasteiger partial charge < -0.3 is 9.47 Å². The van der Waals surface area contributed by atoms with E-state index in [2.05, 4.69) is 217 Å². The molecule has 0 spiro atoms. The smallest absolute Gasteiger partial charge is 0.213 e. The van der Waals surface area contributed by atoms with Crippen molar-refractivity contribution in [2.75, 3.05) is 0 Å². The second-order valence-corrected chi connectivity index (χ2v) is 15.1. The molecule has 0 bridgehead atoms. The summed E-state index contributed by atoms with van der Waals surface area (Å²) in [4.78, 5) is 0. The van der Waals surface area contributed by atoms with Crippen molar-refractivity contribution in [2.24, 2.45) is 0 Å². The standard InChI is InChI=1S/C55H38NO2/c1-3-13-37(14-4-1)51-33-43(57-41-25-22-39(23-26-41)55-49-19-9-7-17-45(49)46-18-8-10-20-50(46)55)28-30-47(51)48-31-29-44(34-52(48)38-15-5-2-6-16-38)58-42-27-24-40-36-56-32-12-11-21-54(56)53(40)35-42/h1-35,55H,36H2/q+1. The largest absolute Gasteiger partial charge is 0.457 e. The van der Waals surface area contributed by atoms with Crippen LogP contribution in [0.5, 0.6) is 23.0 Å². The first-order valence-electron chi connectivity index (χ1n) is 19.9. The van der Waals surface area contributed by atoms with Crippen LogP contribution in [0.15, 0.2) is 212 Å². The first-order valence-corrected chi connectivity index (χ1v) is 19.9. The van der Waals surface area contributed by atoms with Crippen LogP contribution in [0, 0.1) is 0 Å². The molecular formula is C55H38NO2+. The van der Waals surface area contributed by atoms with E-state index >= 15 is 0 Å². The maximum atomic E-state index is 6.62. The number of fused-ring (bicyclic) bond motifs is 6. The summed E-state index contributed by atoms with van der Waals surface area (Å²) >= 11 is 0. The SMILES string of the molecule is c1ccc(-c2cc(Oc3ccc(C4c5ccccc5-c5ccccc54)cc3)ccc2-c2ccc(Oc3ccc4c(c3)-c3cccc[n+]3C4)cc2-c2ccccc2)cc1. The molecule has 0 fully saturated rings. The van der Waals surface area contributed by atoms with Crippen LogP contribution in [0.2, 0.25) is 0 Å². The van der Waals surface area contributed by atoms with Crippen molar-refractivity contribution >= 4 is 0 Å². The Morgan fingerprint density at radius 1 is 0.362 bits per heavy atom. The quantitative estimate of drug-likeness (QED) is 0.145. The van der Waals surface area contributed by atoms with E-state index in [1.54, 1.807) is 0 Å². The third kappa shape index (κ3) is 6.05. The molecule has 3 nitrogen and oxygen atoms in total. The molecule has 2 aliphatic rings. The maximum Gasteiger partial charge on any atom is 0.213 e. The molecule has 0 saturated carbocycles. The molecule has 9 aromatic rings. The van der Waals surface area contributed by atoms with Gasteiger partial charge in [-0.25, -0.2) is 0 Å². The van der Waals surface area contributed by atoms with Crippen LogP contribution in [0.1, 0.15) is 28.2 Å². The number of hydrogen-bond acceptors (Lipinski definition) is 2. The Labute approximate surface area is 338 Å². The van der Waals surface area contributed by atoms with Gasteiger partial charge in [-0.2, -0.15) is 4.57 Å². The Morgan fingerprint density at radius 2 is 0.845 bits per heavy atom. The number of benzene rings is 8. The molecule has 0 saturated heterocycles. The van der Waals surface area contributed by atoms with Crippen LogP contribution >= 0.6 is 0 Å². The molecule has 1 aliphatic carbocycles. The van der Waals surface area contributed by atoms with Gasteiger partial charge in [-0.3, -0.25) is 0 Å². The molecule has 1 aliphatic heterocycles. The molecular weight excluding hydrogens is 707 g/mol. The third-order valence-corrected chi connectivity index (χ3v) is 11.6. The van der Waals surface area contributed by atoms with Crippen molar-refractivity contribution in [3.05, 3.63) is 235 Å². The third-order valence-electron chi connectivity index (χ3n) is 11.6. The molecule has 0 unspecified atom stereocenters. The fourth-order valence-corrected chi connectivity index (χ4v) is 8.91. The number of pyridine rings is 1. The molecule has 3 heteroatoms. The summed E-state index contributed by atoms with van der Waals surface area (Å²) < 4.78 is 15.5. The molecule has 1 aromatic heterocycles. The molecule has 0 atom stereocenters. The molecule has 274 valence electrons. The number of hydrogen-bond donors (Lipinski definition) is 0. The summed E-state index contributed by atoms with van der Waals surface area (Å²) in [5.74, 6) is 3.39. The lowest BCUT2D eigenvalue weighted by Gasteiger charge is -2.18. The summed E-state index contributed by atoms with van der Waals surface area (Å²) in [6.45, 7) is 0.879. The number of ether oxygens (including phenoxy) is 2. The van der Waals surface area contributed by atoms with E-state index in [0.29, 0.717) is 0 Å². The van der Waals surface area contributed by atoms with Crippen molar-refractivity contribution in [2.45, 2.75) is 12.5 Å². The molecule has 11 rings (SSSR count). The first kappa shape index (κ1) is 33.8. The van der Waals surface area contributed by atoms with Gasteiger partial charge >= 0.3 is 0 Å². The molecule has 8 aromatic carbocycles. The lowest BCUT2D eigenvalue weighted by Crippen LogP contribution is -2.31. The Kier molecular flexibility index (Phi) is 8.29. The van der Waals surface area contributed by atoms with E-state index in [1.165, 1.54) is 44.6 Å². The lowest BCUT2D eigenvalue weighted by atomic mass is 9.89. The average molecular weight is 745 g/mol. The Balaban J connectivity index is 0.935. The van der Waals surface area contributed by atoms with Crippen molar-refractivity contribution in [3.8, 4) is 78.8 Å². The van der Waals surface area contributed by atoms with Crippen molar-refractivity contribution in [1.82, 2.24) is 0 Å². The van der Waals surface area contributed by atoms with Crippen LogP contribution in [0.4, 0.5) is 0 Å².